The maximum Gasteiger partial charge on any atom is 0.345 e. The number of nitrogens with one attached hydrogen (secondary N) is 1. The van der Waals surface area contributed by atoms with Gasteiger partial charge in [-0.05, 0) is 43.9 Å². The molecule has 11 heteroatoms. The first kappa shape index (κ1) is 23.0. The number of H-pyrrole nitrogens is 1. The van der Waals surface area contributed by atoms with Gasteiger partial charge >= 0.3 is 5.69 Å². The Morgan fingerprint density at radius 3 is 2.23 bits per heavy atom. The van der Waals surface area contributed by atoms with Crippen LogP contribution in [0.25, 0.3) is 11.3 Å². The average Bonchev–Trinajstić information content (AvgIpc) is 3.52. The van der Waals surface area contributed by atoms with Crippen LogP contribution < -0.4 is 19.9 Å². The lowest BCUT2D eigenvalue weighted by molar-refractivity contribution is 0.0704. The van der Waals surface area contributed by atoms with Gasteiger partial charge in [-0.2, -0.15) is 10.2 Å². The number of aryl methyl sites for hydroxylation is 1. The highest BCUT2D eigenvalue weighted by molar-refractivity contribution is 5.93. The first-order chi connectivity index (χ1) is 16.9. The molecule has 1 saturated heterocycles. The molecule has 3 heterocycles. The highest BCUT2D eigenvalue weighted by Gasteiger charge is 2.34. The van der Waals surface area contributed by atoms with E-state index in [9.17, 15) is 9.59 Å². The Kier molecular flexibility index (Phi) is 6.00. The maximum atomic E-state index is 13.2. The molecule has 35 heavy (non-hydrogen) atoms. The summed E-state index contributed by atoms with van der Waals surface area (Å²) in [4.78, 5) is 27.5. The van der Waals surface area contributed by atoms with Gasteiger partial charge in [0.25, 0.3) is 5.91 Å². The van der Waals surface area contributed by atoms with Crippen LogP contribution in [0, 0.1) is 0 Å². The monoisotopic (exact) mass is 482 g/mol. The molecule has 2 aromatic heterocycles. The van der Waals surface area contributed by atoms with Gasteiger partial charge in [0.05, 0.1) is 27.0 Å². The number of piperidine rings is 1. The number of benzene rings is 1. The highest BCUT2D eigenvalue weighted by atomic mass is 16.5. The molecule has 5 rings (SSSR count). The lowest BCUT2D eigenvalue weighted by Crippen LogP contribution is -2.38. The standard InChI is InChI=1S/C24H30N6O5/c1-28-24(32)30(16-5-6-16)22(27-28)14-7-9-29(10-8-14)23(31)18-13-17(25-26-18)15-11-19(33-2)21(35-4)20(12-15)34-3/h11-14,16H,5-10H2,1-4H3,(H,25,26). The summed E-state index contributed by atoms with van der Waals surface area (Å²) in [5, 5.41) is 11.7. The number of methoxy groups -OCH3 is 3. The maximum absolute atomic E-state index is 13.2. The Morgan fingerprint density at radius 2 is 1.66 bits per heavy atom. The zero-order valence-corrected chi connectivity index (χ0v) is 20.4. The molecule has 1 saturated carbocycles. The number of ether oxygens (including phenoxy) is 3. The third-order valence-electron chi connectivity index (χ3n) is 6.81. The summed E-state index contributed by atoms with van der Waals surface area (Å²) >= 11 is 0. The Bertz CT molecular complexity index is 1270. The van der Waals surface area contributed by atoms with E-state index in [4.69, 9.17) is 14.2 Å². The number of rotatable bonds is 7. The van der Waals surface area contributed by atoms with Crippen molar-refractivity contribution in [1.82, 2.24) is 29.4 Å². The van der Waals surface area contributed by atoms with Gasteiger partial charge in [-0.1, -0.05) is 0 Å². The first-order valence-corrected chi connectivity index (χ1v) is 11.8. The van der Waals surface area contributed by atoms with Crippen LogP contribution in [0.2, 0.25) is 0 Å². The predicted molar refractivity (Wildman–Crippen MR) is 127 cm³/mol. The van der Waals surface area contributed by atoms with E-state index in [1.54, 1.807) is 46.6 Å². The van der Waals surface area contributed by atoms with Crippen molar-refractivity contribution in [3.8, 4) is 28.5 Å². The van der Waals surface area contributed by atoms with Crippen molar-refractivity contribution in [2.45, 2.75) is 37.6 Å². The average molecular weight is 483 g/mol. The van der Waals surface area contributed by atoms with Crippen molar-refractivity contribution in [2.75, 3.05) is 34.4 Å². The Balaban J connectivity index is 1.30. The lowest BCUT2D eigenvalue weighted by atomic mass is 9.95. The molecule has 3 aromatic rings. The smallest absolute Gasteiger partial charge is 0.345 e. The van der Waals surface area contributed by atoms with Gasteiger partial charge in [-0.15, -0.1) is 0 Å². The predicted octanol–water partition coefficient (Wildman–Crippen LogP) is 2.35. The summed E-state index contributed by atoms with van der Waals surface area (Å²) in [6.45, 7) is 1.19. The molecule has 1 aliphatic carbocycles. The van der Waals surface area contributed by atoms with Gasteiger partial charge in [0, 0.05) is 37.7 Å². The number of carbonyl (C=O) groups excluding carboxylic acids is 1. The number of aromatic nitrogens is 5. The van der Waals surface area contributed by atoms with Crippen LogP contribution in [0.4, 0.5) is 0 Å². The van der Waals surface area contributed by atoms with Gasteiger partial charge < -0.3 is 19.1 Å². The summed E-state index contributed by atoms with van der Waals surface area (Å²) in [7, 11) is 6.36. The van der Waals surface area contributed by atoms with Crippen LogP contribution in [0.3, 0.4) is 0 Å². The Labute approximate surface area is 202 Å². The molecule has 0 atom stereocenters. The molecule has 1 N–H and O–H groups in total. The summed E-state index contributed by atoms with van der Waals surface area (Å²) in [6, 6.07) is 5.61. The zero-order valence-electron chi connectivity index (χ0n) is 20.4. The van der Waals surface area contributed by atoms with Crippen molar-refractivity contribution in [2.24, 2.45) is 7.05 Å². The fourth-order valence-corrected chi connectivity index (χ4v) is 4.77. The number of carbonyl (C=O) groups is 1. The van der Waals surface area contributed by atoms with Crippen LogP contribution >= 0.6 is 0 Å². The van der Waals surface area contributed by atoms with Crippen molar-refractivity contribution < 1.29 is 19.0 Å². The van der Waals surface area contributed by atoms with Gasteiger partial charge in [-0.3, -0.25) is 14.5 Å². The number of aromatic amines is 1. The van der Waals surface area contributed by atoms with Gasteiger partial charge in [0.15, 0.2) is 11.5 Å². The molecule has 11 nitrogen and oxygen atoms in total. The van der Waals surface area contributed by atoms with Gasteiger partial charge in [-0.25, -0.2) is 9.48 Å². The van der Waals surface area contributed by atoms with E-state index in [1.165, 1.54) is 4.68 Å². The molecule has 0 spiro atoms. The first-order valence-electron chi connectivity index (χ1n) is 11.8. The van der Waals surface area contributed by atoms with Crippen LogP contribution in [0.15, 0.2) is 23.0 Å². The van der Waals surface area contributed by atoms with Gasteiger partial charge in [0.2, 0.25) is 5.75 Å². The van der Waals surface area contributed by atoms with Crippen molar-refractivity contribution >= 4 is 5.91 Å². The van der Waals surface area contributed by atoms with Crippen LogP contribution in [0.5, 0.6) is 17.2 Å². The number of amides is 1. The zero-order chi connectivity index (χ0) is 24.7. The van der Waals surface area contributed by atoms with E-state index in [-0.39, 0.29) is 23.6 Å². The normalized spacial score (nSPS) is 16.4. The fourth-order valence-electron chi connectivity index (χ4n) is 4.77. The molecular weight excluding hydrogens is 452 g/mol. The second-order valence-electron chi connectivity index (χ2n) is 9.01. The van der Waals surface area contributed by atoms with E-state index >= 15 is 0 Å². The third-order valence-corrected chi connectivity index (χ3v) is 6.81. The number of nitrogens with zero attached hydrogens (tertiary/aromatic N) is 5. The molecule has 2 fully saturated rings. The number of likely N-dealkylation sites (tertiary alicyclic amines) is 1. The minimum absolute atomic E-state index is 0.0437. The van der Waals surface area contributed by atoms with Crippen LogP contribution in [-0.2, 0) is 7.05 Å². The second-order valence-corrected chi connectivity index (χ2v) is 9.01. The van der Waals surface area contributed by atoms with Gasteiger partial charge in [0.1, 0.15) is 11.5 Å². The summed E-state index contributed by atoms with van der Waals surface area (Å²) < 4.78 is 19.5. The number of hydrogen-bond donors (Lipinski definition) is 1. The largest absolute Gasteiger partial charge is 0.493 e. The molecule has 2 aliphatic rings. The van der Waals surface area contributed by atoms with E-state index in [0.29, 0.717) is 41.7 Å². The molecule has 0 radical (unpaired) electrons. The molecular formula is C24H30N6O5. The molecule has 186 valence electrons. The molecule has 1 aromatic carbocycles. The molecule has 1 amide bonds. The van der Waals surface area contributed by atoms with Crippen LogP contribution in [-0.4, -0.2) is 69.8 Å². The van der Waals surface area contributed by atoms with E-state index in [1.807, 2.05) is 9.47 Å². The lowest BCUT2D eigenvalue weighted by Gasteiger charge is -2.31. The highest BCUT2D eigenvalue weighted by Crippen LogP contribution is 2.41. The summed E-state index contributed by atoms with van der Waals surface area (Å²) in [6.07, 6.45) is 3.60. The second kappa shape index (κ2) is 9.12. The topological polar surface area (TPSA) is 117 Å². The van der Waals surface area contributed by atoms with E-state index in [2.05, 4.69) is 15.3 Å². The quantitative estimate of drug-likeness (QED) is 0.549. The minimum Gasteiger partial charge on any atom is -0.493 e. The number of hydrogen-bond acceptors (Lipinski definition) is 7. The van der Waals surface area contributed by atoms with Crippen LogP contribution in [0.1, 0.15) is 54.0 Å². The third kappa shape index (κ3) is 4.15. The van der Waals surface area contributed by atoms with E-state index in [0.717, 1.165) is 37.1 Å². The SMILES string of the molecule is COc1cc(-c2cc(C(=O)N3CCC(c4nn(C)c(=O)n4C4CC4)CC3)[nH]n2)cc(OC)c1OC. The Morgan fingerprint density at radius 1 is 1.00 bits per heavy atom. The fraction of sp³-hybridized carbons (Fsp3) is 0.500. The minimum atomic E-state index is -0.102. The van der Waals surface area contributed by atoms with Crippen molar-refractivity contribution in [3.05, 3.63) is 40.2 Å². The molecule has 1 aliphatic heterocycles. The summed E-state index contributed by atoms with van der Waals surface area (Å²) in [5.41, 5.74) is 1.71. The molecule has 0 unspecified atom stereocenters. The van der Waals surface area contributed by atoms with Crippen molar-refractivity contribution in [3.63, 3.8) is 0 Å². The van der Waals surface area contributed by atoms with Crippen molar-refractivity contribution in [1.29, 1.82) is 0 Å². The summed E-state index contributed by atoms with van der Waals surface area (Å²) in [5.74, 6) is 2.45. The van der Waals surface area contributed by atoms with E-state index < -0.39 is 0 Å². The Hall–Kier alpha value is -3.76. The molecule has 0 bridgehead atoms.